The maximum atomic E-state index is 14.2. The molecule has 0 aliphatic carbocycles. The lowest BCUT2D eigenvalue weighted by molar-refractivity contribution is 0.0912. The minimum Gasteiger partial charge on any atom is -0.349 e. The van der Waals surface area contributed by atoms with E-state index in [2.05, 4.69) is 51.2 Å². The monoisotopic (exact) mass is 505 g/mol. The van der Waals surface area contributed by atoms with Crippen LogP contribution < -0.4 is 5.32 Å². The smallest absolute Gasteiger partial charge is 0.253 e. The lowest BCUT2D eigenvalue weighted by atomic mass is 10.0. The lowest BCUT2D eigenvalue weighted by Gasteiger charge is -2.32. The summed E-state index contributed by atoms with van der Waals surface area (Å²) < 4.78 is 16.3. The molecule has 36 heavy (non-hydrogen) atoms. The standard InChI is InChI=1S/C30H32FN3O.ClH/c1-22-29(27-20-25(31)12-13-28(27)34(22)21-24-10-6-3-7-11-24)30(35)32-26-15-18-33(19-16-26)17-14-23-8-4-2-5-9-23;/h2-13,20,26H,14-19,21H2,1H3,(H,32,35);1H. The molecule has 1 fully saturated rings. The maximum absolute atomic E-state index is 14.2. The van der Waals surface area contributed by atoms with E-state index in [1.165, 1.54) is 17.7 Å². The van der Waals surface area contributed by atoms with Crippen molar-refractivity contribution in [1.82, 2.24) is 14.8 Å². The van der Waals surface area contributed by atoms with E-state index in [1.54, 1.807) is 6.07 Å². The summed E-state index contributed by atoms with van der Waals surface area (Å²) in [4.78, 5) is 15.9. The Morgan fingerprint density at radius 2 is 1.58 bits per heavy atom. The van der Waals surface area contributed by atoms with Crippen molar-refractivity contribution < 1.29 is 9.18 Å². The first-order valence-corrected chi connectivity index (χ1v) is 12.5. The van der Waals surface area contributed by atoms with Crippen molar-refractivity contribution >= 4 is 29.2 Å². The largest absolute Gasteiger partial charge is 0.349 e. The summed E-state index contributed by atoms with van der Waals surface area (Å²) in [7, 11) is 0. The number of hydrogen-bond donors (Lipinski definition) is 1. The number of nitrogens with zero attached hydrogens (tertiary/aromatic N) is 2. The van der Waals surface area contributed by atoms with Gasteiger partial charge in [0.25, 0.3) is 5.91 Å². The second-order valence-electron chi connectivity index (χ2n) is 9.52. The molecule has 0 unspecified atom stereocenters. The average molecular weight is 506 g/mol. The number of aromatic nitrogens is 1. The summed E-state index contributed by atoms with van der Waals surface area (Å²) in [6.07, 6.45) is 2.90. The molecule has 188 valence electrons. The van der Waals surface area contributed by atoms with E-state index in [0.717, 1.165) is 55.7 Å². The molecule has 0 atom stereocenters. The molecule has 1 N–H and O–H groups in total. The van der Waals surface area contributed by atoms with Gasteiger partial charge in [-0.15, -0.1) is 12.4 Å². The third-order valence-electron chi connectivity index (χ3n) is 7.18. The molecule has 1 aliphatic rings. The van der Waals surface area contributed by atoms with Crippen LogP contribution >= 0.6 is 12.4 Å². The number of likely N-dealkylation sites (tertiary alicyclic amines) is 1. The van der Waals surface area contributed by atoms with E-state index in [-0.39, 0.29) is 30.2 Å². The Kier molecular flexibility index (Phi) is 8.44. The van der Waals surface area contributed by atoms with E-state index in [1.807, 2.05) is 31.2 Å². The van der Waals surface area contributed by atoms with Crippen LogP contribution in [0.25, 0.3) is 10.9 Å². The molecule has 1 aliphatic heterocycles. The molecule has 2 heterocycles. The number of carbonyl (C=O) groups is 1. The second kappa shape index (κ2) is 11.7. The third kappa shape index (κ3) is 5.80. The highest BCUT2D eigenvalue weighted by Crippen LogP contribution is 2.28. The second-order valence-corrected chi connectivity index (χ2v) is 9.52. The highest BCUT2D eigenvalue weighted by atomic mass is 35.5. The number of piperidine rings is 1. The predicted molar refractivity (Wildman–Crippen MR) is 146 cm³/mol. The first kappa shape index (κ1) is 25.9. The Morgan fingerprint density at radius 3 is 2.25 bits per heavy atom. The SMILES string of the molecule is Cc1c(C(=O)NC2CCN(CCc3ccccc3)CC2)c2cc(F)ccc2n1Cc1ccccc1.Cl. The number of nitrogens with one attached hydrogen (secondary N) is 1. The minimum atomic E-state index is -0.324. The van der Waals surface area contributed by atoms with Crippen molar-refractivity contribution in [3.05, 3.63) is 107 Å². The number of hydrogen-bond acceptors (Lipinski definition) is 2. The van der Waals surface area contributed by atoms with Crippen LogP contribution in [0.15, 0.2) is 78.9 Å². The number of amides is 1. The van der Waals surface area contributed by atoms with Gasteiger partial charge in [0.05, 0.1) is 5.56 Å². The Labute approximate surface area is 218 Å². The molecule has 5 rings (SSSR count). The molecule has 1 saturated heterocycles. The van der Waals surface area contributed by atoms with Crippen LogP contribution in [0.3, 0.4) is 0 Å². The molecule has 1 aromatic heterocycles. The van der Waals surface area contributed by atoms with Crippen molar-refractivity contribution in [2.75, 3.05) is 19.6 Å². The van der Waals surface area contributed by atoms with E-state index in [4.69, 9.17) is 0 Å². The number of rotatable bonds is 7. The number of benzene rings is 3. The van der Waals surface area contributed by atoms with Crippen LogP contribution in [0.4, 0.5) is 4.39 Å². The summed E-state index contributed by atoms with van der Waals surface area (Å²) in [6, 6.07) is 25.6. The molecule has 1 amide bonds. The fraction of sp³-hybridized carbons (Fsp3) is 0.300. The van der Waals surface area contributed by atoms with E-state index < -0.39 is 0 Å². The summed E-state index contributed by atoms with van der Waals surface area (Å²) >= 11 is 0. The van der Waals surface area contributed by atoms with E-state index in [9.17, 15) is 9.18 Å². The predicted octanol–water partition coefficient (Wildman–Crippen LogP) is 6.00. The van der Waals surface area contributed by atoms with Crippen LogP contribution in [-0.4, -0.2) is 41.1 Å². The quantitative estimate of drug-likeness (QED) is 0.334. The maximum Gasteiger partial charge on any atom is 0.253 e. The molecule has 3 aromatic carbocycles. The summed E-state index contributed by atoms with van der Waals surface area (Å²) in [5.74, 6) is -0.428. The lowest BCUT2D eigenvalue weighted by Crippen LogP contribution is -2.45. The van der Waals surface area contributed by atoms with Crippen LogP contribution in [0.5, 0.6) is 0 Å². The number of fused-ring (bicyclic) bond motifs is 1. The van der Waals surface area contributed by atoms with Crippen molar-refractivity contribution in [2.24, 2.45) is 0 Å². The van der Waals surface area contributed by atoms with Gasteiger partial charge < -0.3 is 14.8 Å². The van der Waals surface area contributed by atoms with Gasteiger partial charge in [0.2, 0.25) is 0 Å². The number of carbonyl (C=O) groups excluding carboxylic acids is 1. The molecule has 4 aromatic rings. The van der Waals surface area contributed by atoms with Gasteiger partial charge in [0.15, 0.2) is 0 Å². The van der Waals surface area contributed by atoms with Crippen molar-refractivity contribution in [1.29, 1.82) is 0 Å². The molecular weight excluding hydrogens is 473 g/mol. The summed E-state index contributed by atoms with van der Waals surface area (Å²) in [5.41, 5.74) is 4.84. The van der Waals surface area contributed by atoms with Gasteiger partial charge >= 0.3 is 0 Å². The zero-order valence-corrected chi connectivity index (χ0v) is 21.4. The zero-order chi connectivity index (χ0) is 24.2. The van der Waals surface area contributed by atoms with Crippen molar-refractivity contribution in [3.8, 4) is 0 Å². The molecule has 0 radical (unpaired) electrons. The summed E-state index contributed by atoms with van der Waals surface area (Å²) in [5, 5.41) is 3.93. The number of halogens is 2. The normalized spacial score (nSPS) is 14.5. The van der Waals surface area contributed by atoms with Crippen LogP contribution in [0, 0.1) is 12.7 Å². The first-order valence-electron chi connectivity index (χ1n) is 12.5. The van der Waals surface area contributed by atoms with Gasteiger partial charge in [-0.1, -0.05) is 60.7 Å². The molecular formula is C30H33ClFN3O. The van der Waals surface area contributed by atoms with Crippen LogP contribution in [0.2, 0.25) is 0 Å². The summed E-state index contributed by atoms with van der Waals surface area (Å²) in [6.45, 7) is 5.59. The Balaban J connectivity index is 0.00000304. The van der Waals surface area contributed by atoms with Gasteiger partial charge in [-0.25, -0.2) is 4.39 Å². The Morgan fingerprint density at radius 1 is 0.944 bits per heavy atom. The fourth-order valence-electron chi connectivity index (χ4n) is 5.20. The first-order chi connectivity index (χ1) is 17.1. The molecule has 0 saturated carbocycles. The fourth-order valence-corrected chi connectivity index (χ4v) is 5.20. The van der Waals surface area contributed by atoms with Crippen molar-refractivity contribution in [2.45, 2.75) is 38.8 Å². The topological polar surface area (TPSA) is 37.3 Å². The van der Waals surface area contributed by atoms with Crippen LogP contribution in [0.1, 0.15) is 40.0 Å². The van der Waals surface area contributed by atoms with Crippen molar-refractivity contribution in [3.63, 3.8) is 0 Å². The highest BCUT2D eigenvalue weighted by molar-refractivity contribution is 6.08. The van der Waals surface area contributed by atoms with Gasteiger partial charge in [-0.2, -0.15) is 0 Å². The molecule has 4 nitrogen and oxygen atoms in total. The highest BCUT2D eigenvalue weighted by Gasteiger charge is 2.25. The Bertz CT molecular complexity index is 1300. The van der Waals surface area contributed by atoms with Gasteiger partial charge in [0.1, 0.15) is 5.82 Å². The van der Waals surface area contributed by atoms with Gasteiger partial charge in [0, 0.05) is 48.8 Å². The zero-order valence-electron chi connectivity index (χ0n) is 20.6. The Hall–Kier alpha value is -3.15. The van der Waals surface area contributed by atoms with Gasteiger partial charge in [-0.05, 0) is 55.5 Å². The molecule has 0 spiro atoms. The van der Waals surface area contributed by atoms with Crippen LogP contribution in [-0.2, 0) is 13.0 Å². The molecule has 0 bridgehead atoms. The van der Waals surface area contributed by atoms with E-state index in [0.29, 0.717) is 17.5 Å². The van der Waals surface area contributed by atoms with Gasteiger partial charge in [-0.3, -0.25) is 4.79 Å². The minimum absolute atomic E-state index is 0. The molecule has 6 heteroatoms. The third-order valence-corrected chi connectivity index (χ3v) is 7.18. The average Bonchev–Trinajstić information content (AvgIpc) is 3.15. The van der Waals surface area contributed by atoms with E-state index >= 15 is 0 Å².